The van der Waals surface area contributed by atoms with Crippen molar-refractivity contribution in [2.24, 2.45) is 0 Å². The van der Waals surface area contributed by atoms with E-state index in [-0.39, 0.29) is 5.69 Å². The van der Waals surface area contributed by atoms with Crippen molar-refractivity contribution in [1.82, 2.24) is 0 Å². The molecule has 0 spiro atoms. The average molecular weight is 331 g/mol. The van der Waals surface area contributed by atoms with Gasteiger partial charge in [-0.2, -0.15) is 0 Å². The van der Waals surface area contributed by atoms with Crippen LogP contribution < -0.4 is 11.1 Å². The molecule has 0 radical (unpaired) electrons. The first-order valence-electron chi connectivity index (χ1n) is 7.59. The number of anilines is 1. The quantitative estimate of drug-likeness (QED) is 0.249. The van der Waals surface area contributed by atoms with Gasteiger partial charge in [-0.3, -0.25) is 10.1 Å². The maximum Gasteiger partial charge on any atom is 0.277 e. The van der Waals surface area contributed by atoms with Gasteiger partial charge in [0.05, 0.1) is 15.8 Å². The first-order valence-corrected chi connectivity index (χ1v) is 7.59. The van der Waals surface area contributed by atoms with Gasteiger partial charge >= 0.3 is 0 Å². The van der Waals surface area contributed by atoms with Crippen LogP contribution >= 0.6 is 0 Å². The van der Waals surface area contributed by atoms with E-state index >= 15 is 0 Å². The Morgan fingerprint density at radius 1 is 1.00 bits per heavy atom. The van der Waals surface area contributed by atoms with Gasteiger partial charge in [-0.25, -0.2) is 0 Å². The van der Waals surface area contributed by atoms with E-state index in [0.29, 0.717) is 39.1 Å². The van der Waals surface area contributed by atoms with Crippen molar-refractivity contribution in [3.8, 4) is 22.5 Å². The van der Waals surface area contributed by atoms with Crippen LogP contribution in [-0.2, 0) is 0 Å². The number of nitrogens with one attached hydrogen (secondary N) is 1. The minimum absolute atomic E-state index is 0.0167. The SMILES string of the molecule is N=c1ccc2c(-c3ccccc3[N+](=O)[O-])c3ccc(N)cc3oc-2c1. The Morgan fingerprint density at radius 3 is 2.60 bits per heavy atom. The van der Waals surface area contributed by atoms with E-state index in [0.717, 1.165) is 5.39 Å². The normalized spacial score (nSPS) is 11.0. The van der Waals surface area contributed by atoms with Crippen molar-refractivity contribution in [2.75, 3.05) is 5.73 Å². The number of benzene rings is 3. The minimum atomic E-state index is -0.396. The smallest absolute Gasteiger partial charge is 0.277 e. The number of hydrogen-bond donors (Lipinski definition) is 2. The summed E-state index contributed by atoms with van der Waals surface area (Å²) in [5.41, 5.74) is 8.84. The molecule has 1 aliphatic carbocycles. The van der Waals surface area contributed by atoms with Crippen LogP contribution in [0.4, 0.5) is 11.4 Å². The maximum absolute atomic E-state index is 11.5. The van der Waals surface area contributed by atoms with Crippen LogP contribution in [-0.4, -0.2) is 4.92 Å². The molecule has 0 saturated carbocycles. The van der Waals surface area contributed by atoms with E-state index < -0.39 is 4.92 Å². The molecule has 1 aliphatic heterocycles. The summed E-state index contributed by atoms with van der Waals surface area (Å²) in [6.45, 7) is 0. The van der Waals surface area contributed by atoms with Crippen LogP contribution in [0.3, 0.4) is 0 Å². The third-order valence-electron chi connectivity index (χ3n) is 4.12. The molecule has 2 aromatic carbocycles. The summed E-state index contributed by atoms with van der Waals surface area (Å²) in [7, 11) is 0. The van der Waals surface area contributed by atoms with Crippen LogP contribution in [0.15, 0.2) is 65.1 Å². The molecule has 0 bridgehead atoms. The number of nitrogens with zero attached hydrogens (tertiary/aromatic N) is 1. The summed E-state index contributed by atoms with van der Waals surface area (Å²) in [6.07, 6.45) is 0. The number of nitrogen functional groups attached to an aromatic ring is 1. The van der Waals surface area contributed by atoms with Crippen molar-refractivity contribution in [1.29, 1.82) is 5.41 Å². The first-order chi connectivity index (χ1) is 12.0. The Balaban J connectivity index is 2.22. The van der Waals surface area contributed by atoms with Gasteiger partial charge in [0, 0.05) is 40.4 Å². The van der Waals surface area contributed by atoms with Crippen LogP contribution in [0.25, 0.3) is 33.4 Å². The lowest BCUT2D eigenvalue weighted by Crippen LogP contribution is -2.01. The lowest BCUT2D eigenvalue weighted by atomic mass is 9.92. The van der Waals surface area contributed by atoms with Crippen molar-refractivity contribution >= 4 is 22.3 Å². The van der Waals surface area contributed by atoms with Crippen molar-refractivity contribution in [3.05, 3.63) is 76.1 Å². The Bertz CT molecular complexity index is 1160. The Labute approximate surface area is 142 Å². The predicted octanol–water partition coefficient (Wildman–Crippen LogP) is 4.17. The molecule has 0 fully saturated rings. The molecule has 0 unspecified atom stereocenters. The van der Waals surface area contributed by atoms with Crippen LogP contribution in [0.1, 0.15) is 0 Å². The highest BCUT2D eigenvalue weighted by Crippen LogP contribution is 2.43. The van der Waals surface area contributed by atoms with E-state index in [1.165, 1.54) is 6.07 Å². The van der Waals surface area contributed by atoms with E-state index in [1.807, 2.05) is 0 Å². The Morgan fingerprint density at radius 2 is 1.80 bits per heavy atom. The molecule has 0 saturated heterocycles. The average Bonchev–Trinajstić information content (AvgIpc) is 2.59. The highest BCUT2D eigenvalue weighted by Gasteiger charge is 2.22. The van der Waals surface area contributed by atoms with E-state index in [2.05, 4.69) is 0 Å². The summed E-state index contributed by atoms with van der Waals surface area (Å²) < 4.78 is 5.90. The molecule has 0 atom stereocenters. The van der Waals surface area contributed by atoms with Gasteiger partial charge in [-0.05, 0) is 30.3 Å². The highest BCUT2D eigenvalue weighted by molar-refractivity contribution is 6.04. The fourth-order valence-electron chi connectivity index (χ4n) is 3.04. The molecular formula is C19H13N3O3. The minimum Gasteiger partial charge on any atom is -0.456 e. The van der Waals surface area contributed by atoms with Gasteiger partial charge in [0.15, 0.2) is 0 Å². The molecule has 1 heterocycles. The second kappa shape index (κ2) is 5.45. The number of nitro benzene ring substituents is 1. The molecule has 0 amide bonds. The molecular weight excluding hydrogens is 318 g/mol. The number of hydrogen-bond acceptors (Lipinski definition) is 5. The molecule has 6 nitrogen and oxygen atoms in total. The standard InChI is InChI=1S/C19H13N3O3/c20-11-5-7-14-17(9-11)25-18-10-12(21)6-8-15(18)19(14)13-3-1-2-4-16(13)22(23)24/h1-10,20H,21H2. The van der Waals surface area contributed by atoms with Gasteiger partial charge in [0.2, 0.25) is 0 Å². The summed E-state index contributed by atoms with van der Waals surface area (Å²) in [6, 6.07) is 16.8. The van der Waals surface area contributed by atoms with Crippen molar-refractivity contribution < 1.29 is 9.34 Å². The second-order valence-corrected chi connectivity index (χ2v) is 5.72. The fourth-order valence-corrected chi connectivity index (χ4v) is 3.04. The number of nitro groups is 1. The zero-order chi connectivity index (χ0) is 17.6. The summed E-state index contributed by atoms with van der Waals surface area (Å²) >= 11 is 0. The lowest BCUT2D eigenvalue weighted by Gasteiger charge is -2.15. The Kier molecular flexibility index (Phi) is 3.25. The van der Waals surface area contributed by atoms with Crippen LogP contribution in [0.2, 0.25) is 0 Å². The van der Waals surface area contributed by atoms with Gasteiger partial charge in [-0.1, -0.05) is 12.1 Å². The molecule has 25 heavy (non-hydrogen) atoms. The molecule has 3 N–H and O–H groups in total. The summed E-state index contributed by atoms with van der Waals surface area (Å²) in [4.78, 5) is 11.1. The van der Waals surface area contributed by atoms with Crippen molar-refractivity contribution in [2.45, 2.75) is 0 Å². The van der Waals surface area contributed by atoms with E-state index in [4.69, 9.17) is 15.6 Å². The number of fused-ring (bicyclic) bond motifs is 2. The van der Waals surface area contributed by atoms with E-state index in [1.54, 1.807) is 54.6 Å². The highest BCUT2D eigenvalue weighted by atomic mass is 16.6. The van der Waals surface area contributed by atoms with Gasteiger partial charge in [0.25, 0.3) is 5.69 Å². The molecule has 0 aromatic heterocycles. The fraction of sp³-hybridized carbons (Fsp3) is 0. The maximum atomic E-state index is 11.5. The lowest BCUT2D eigenvalue weighted by molar-refractivity contribution is -0.384. The third kappa shape index (κ3) is 2.40. The first kappa shape index (κ1) is 14.9. The number of para-hydroxylation sites is 1. The molecule has 122 valence electrons. The molecule has 6 heteroatoms. The number of rotatable bonds is 2. The van der Waals surface area contributed by atoms with Crippen LogP contribution in [0.5, 0.6) is 0 Å². The van der Waals surface area contributed by atoms with Crippen LogP contribution in [0, 0.1) is 15.5 Å². The monoisotopic (exact) mass is 331 g/mol. The molecule has 4 rings (SSSR count). The largest absolute Gasteiger partial charge is 0.456 e. The predicted molar refractivity (Wildman–Crippen MR) is 95.2 cm³/mol. The Hall–Kier alpha value is -3.67. The second-order valence-electron chi connectivity index (χ2n) is 5.72. The number of nitrogens with two attached hydrogens (primary N) is 1. The van der Waals surface area contributed by atoms with Gasteiger partial charge in [0.1, 0.15) is 11.3 Å². The zero-order valence-electron chi connectivity index (χ0n) is 13.0. The summed E-state index contributed by atoms with van der Waals surface area (Å²) in [5, 5.41) is 20.4. The van der Waals surface area contributed by atoms with Crippen molar-refractivity contribution in [3.63, 3.8) is 0 Å². The van der Waals surface area contributed by atoms with Gasteiger partial charge in [-0.15, -0.1) is 0 Å². The molecule has 2 aliphatic rings. The zero-order valence-corrected chi connectivity index (χ0v) is 13.0. The third-order valence-corrected chi connectivity index (χ3v) is 4.12. The summed E-state index contributed by atoms with van der Waals surface area (Å²) in [5.74, 6) is 0.485. The van der Waals surface area contributed by atoms with Gasteiger partial charge < -0.3 is 15.6 Å². The molecule has 2 aromatic rings. The van der Waals surface area contributed by atoms with E-state index in [9.17, 15) is 10.1 Å². The topological polar surface area (TPSA) is 106 Å².